The van der Waals surface area contributed by atoms with Gasteiger partial charge in [-0.3, -0.25) is 0 Å². The maximum Gasteiger partial charge on any atom is 0.125 e. The molecule has 2 rings (SSSR count). The molecule has 1 atom stereocenters. The van der Waals surface area contributed by atoms with Crippen molar-refractivity contribution < 1.29 is 0 Å². The Morgan fingerprint density at radius 3 is 2.80 bits per heavy atom. The van der Waals surface area contributed by atoms with E-state index in [2.05, 4.69) is 9.97 Å². The Bertz CT molecular complexity index is 469. The number of nitrogens with two attached hydrogens (primary N) is 1. The number of hydrogen-bond donors (Lipinski definition) is 1. The molecule has 2 N–H and O–H groups in total. The molecule has 0 saturated heterocycles. The van der Waals surface area contributed by atoms with Crippen LogP contribution in [0.4, 0.5) is 0 Å². The molecule has 78 valence electrons. The lowest BCUT2D eigenvalue weighted by atomic mass is 10.2. The number of aromatic nitrogens is 2. The smallest absolute Gasteiger partial charge is 0.125 e. The summed E-state index contributed by atoms with van der Waals surface area (Å²) in [5.74, 6) is 0.727. The van der Waals surface area contributed by atoms with Crippen molar-refractivity contribution in [2.45, 2.75) is 13.0 Å². The molecule has 0 spiro atoms. The minimum absolute atomic E-state index is 0.218. The van der Waals surface area contributed by atoms with Gasteiger partial charge in [0.2, 0.25) is 0 Å². The van der Waals surface area contributed by atoms with Crippen molar-refractivity contribution >= 4 is 22.9 Å². The van der Waals surface area contributed by atoms with E-state index in [4.69, 9.17) is 17.3 Å². The number of nitrogens with zero attached hydrogens (tertiary/aromatic N) is 2. The van der Waals surface area contributed by atoms with Crippen molar-refractivity contribution in [3.8, 4) is 0 Å². The fourth-order valence-corrected chi connectivity index (χ4v) is 2.36. The van der Waals surface area contributed by atoms with Crippen LogP contribution < -0.4 is 5.73 Å². The highest BCUT2D eigenvalue weighted by atomic mass is 35.5. The molecule has 3 nitrogen and oxygen atoms in total. The number of thiophene rings is 1. The van der Waals surface area contributed by atoms with E-state index in [0.29, 0.717) is 0 Å². The lowest BCUT2D eigenvalue weighted by molar-refractivity contribution is 0.822. The topological polar surface area (TPSA) is 51.8 Å². The molecule has 0 aliphatic heterocycles. The Labute approximate surface area is 96.9 Å². The summed E-state index contributed by atoms with van der Waals surface area (Å²) in [6, 6.07) is 5.37. The van der Waals surface area contributed by atoms with Crippen LogP contribution in [0.15, 0.2) is 24.4 Å². The molecule has 0 amide bonds. The summed E-state index contributed by atoms with van der Waals surface area (Å²) in [7, 11) is 0. The Morgan fingerprint density at radius 2 is 2.20 bits per heavy atom. The van der Waals surface area contributed by atoms with Gasteiger partial charge < -0.3 is 5.73 Å². The summed E-state index contributed by atoms with van der Waals surface area (Å²) in [5.41, 5.74) is 6.88. The maximum absolute atomic E-state index is 6.06. The Balaban J connectivity index is 2.32. The first-order valence-electron chi connectivity index (χ1n) is 4.47. The first-order chi connectivity index (χ1) is 7.16. The van der Waals surface area contributed by atoms with Gasteiger partial charge in [0.05, 0.1) is 16.1 Å². The summed E-state index contributed by atoms with van der Waals surface area (Å²) >= 11 is 7.33. The SMILES string of the molecule is Cc1nccc(C(N)c2ccc(Cl)s2)n1. The van der Waals surface area contributed by atoms with Gasteiger partial charge in [0.15, 0.2) is 0 Å². The van der Waals surface area contributed by atoms with Crippen LogP contribution in [0.1, 0.15) is 22.4 Å². The average molecular weight is 240 g/mol. The van der Waals surface area contributed by atoms with E-state index in [1.54, 1.807) is 6.20 Å². The number of aryl methyl sites for hydroxylation is 1. The minimum atomic E-state index is -0.218. The molecule has 0 radical (unpaired) electrons. The highest BCUT2D eigenvalue weighted by Gasteiger charge is 2.12. The fraction of sp³-hybridized carbons (Fsp3) is 0.200. The predicted octanol–water partition coefficient (Wildman–Crippen LogP) is 2.55. The van der Waals surface area contributed by atoms with E-state index >= 15 is 0 Å². The predicted molar refractivity (Wildman–Crippen MR) is 62.1 cm³/mol. The molecule has 0 saturated carbocycles. The molecule has 1 unspecified atom stereocenters. The second-order valence-electron chi connectivity index (χ2n) is 3.15. The van der Waals surface area contributed by atoms with Crippen molar-refractivity contribution in [2.75, 3.05) is 0 Å². The molecule has 2 aromatic heterocycles. The molecule has 0 aromatic carbocycles. The van der Waals surface area contributed by atoms with Crippen molar-refractivity contribution in [3.05, 3.63) is 45.1 Å². The van der Waals surface area contributed by atoms with E-state index in [-0.39, 0.29) is 6.04 Å². The highest BCUT2D eigenvalue weighted by Crippen LogP contribution is 2.28. The summed E-state index contributed by atoms with van der Waals surface area (Å²) in [6.45, 7) is 1.84. The first kappa shape index (κ1) is 10.5. The lowest BCUT2D eigenvalue weighted by Crippen LogP contribution is -2.12. The van der Waals surface area contributed by atoms with Gasteiger partial charge >= 0.3 is 0 Å². The third kappa shape index (κ3) is 2.34. The van der Waals surface area contributed by atoms with Crippen LogP contribution in [0.3, 0.4) is 0 Å². The van der Waals surface area contributed by atoms with Crippen molar-refractivity contribution in [1.29, 1.82) is 0 Å². The van der Waals surface area contributed by atoms with Gasteiger partial charge in [-0.25, -0.2) is 9.97 Å². The third-order valence-electron chi connectivity index (χ3n) is 2.02. The summed E-state index contributed by atoms with van der Waals surface area (Å²) in [6.07, 6.45) is 1.72. The molecule has 5 heteroatoms. The average Bonchev–Trinajstić information content (AvgIpc) is 2.64. The number of hydrogen-bond acceptors (Lipinski definition) is 4. The zero-order chi connectivity index (χ0) is 10.8. The monoisotopic (exact) mass is 239 g/mol. The van der Waals surface area contributed by atoms with E-state index in [0.717, 1.165) is 20.7 Å². The van der Waals surface area contributed by atoms with Crippen molar-refractivity contribution in [2.24, 2.45) is 5.73 Å². The zero-order valence-electron chi connectivity index (χ0n) is 8.14. The summed E-state index contributed by atoms with van der Waals surface area (Å²) in [4.78, 5) is 9.33. The lowest BCUT2D eigenvalue weighted by Gasteiger charge is -2.08. The Kier molecular flexibility index (Phi) is 3.00. The van der Waals surface area contributed by atoms with Crippen LogP contribution in [-0.2, 0) is 0 Å². The van der Waals surface area contributed by atoms with Gasteiger partial charge in [-0.1, -0.05) is 11.6 Å². The van der Waals surface area contributed by atoms with Crippen LogP contribution in [0, 0.1) is 6.92 Å². The van der Waals surface area contributed by atoms with E-state index in [1.807, 2.05) is 25.1 Å². The van der Waals surface area contributed by atoms with Gasteiger partial charge in [0, 0.05) is 11.1 Å². The normalized spacial score (nSPS) is 12.7. The van der Waals surface area contributed by atoms with Crippen LogP contribution in [-0.4, -0.2) is 9.97 Å². The molecule has 0 bridgehead atoms. The van der Waals surface area contributed by atoms with Crippen LogP contribution >= 0.6 is 22.9 Å². The van der Waals surface area contributed by atoms with Gasteiger partial charge in [0.1, 0.15) is 5.82 Å². The van der Waals surface area contributed by atoms with Crippen LogP contribution in [0.5, 0.6) is 0 Å². The second-order valence-corrected chi connectivity index (χ2v) is 4.89. The zero-order valence-corrected chi connectivity index (χ0v) is 9.72. The van der Waals surface area contributed by atoms with E-state index in [9.17, 15) is 0 Å². The fourth-order valence-electron chi connectivity index (χ4n) is 1.29. The van der Waals surface area contributed by atoms with Crippen molar-refractivity contribution in [1.82, 2.24) is 9.97 Å². The number of halogens is 1. The number of rotatable bonds is 2. The molecular formula is C10H10ClN3S. The molecule has 2 heterocycles. The maximum atomic E-state index is 6.06. The van der Waals surface area contributed by atoms with Gasteiger partial charge in [-0.15, -0.1) is 11.3 Å². The third-order valence-corrected chi connectivity index (χ3v) is 3.33. The van der Waals surface area contributed by atoms with Gasteiger partial charge in [0.25, 0.3) is 0 Å². The van der Waals surface area contributed by atoms with Gasteiger partial charge in [-0.2, -0.15) is 0 Å². The highest BCUT2D eigenvalue weighted by molar-refractivity contribution is 7.16. The Morgan fingerprint density at radius 1 is 1.40 bits per heavy atom. The largest absolute Gasteiger partial charge is 0.318 e. The second kappa shape index (κ2) is 4.26. The summed E-state index contributed by atoms with van der Waals surface area (Å²) < 4.78 is 0.742. The molecular weight excluding hydrogens is 230 g/mol. The Hall–Kier alpha value is -0.970. The van der Waals surface area contributed by atoms with Gasteiger partial charge in [-0.05, 0) is 25.1 Å². The molecule has 0 fully saturated rings. The standard InChI is InChI=1S/C10H10ClN3S/c1-6-13-5-4-7(14-6)10(12)8-2-3-9(11)15-8/h2-5,10H,12H2,1H3. The summed E-state index contributed by atoms with van der Waals surface area (Å²) in [5, 5.41) is 0. The first-order valence-corrected chi connectivity index (χ1v) is 5.66. The minimum Gasteiger partial charge on any atom is -0.318 e. The van der Waals surface area contributed by atoms with E-state index < -0.39 is 0 Å². The van der Waals surface area contributed by atoms with Crippen molar-refractivity contribution in [3.63, 3.8) is 0 Å². The molecule has 15 heavy (non-hydrogen) atoms. The van der Waals surface area contributed by atoms with Crippen LogP contribution in [0.25, 0.3) is 0 Å². The quantitative estimate of drug-likeness (QED) is 0.876. The molecule has 2 aromatic rings. The molecule has 0 aliphatic carbocycles. The molecule has 0 aliphatic rings. The van der Waals surface area contributed by atoms with Crippen LogP contribution in [0.2, 0.25) is 4.34 Å². The van der Waals surface area contributed by atoms with E-state index in [1.165, 1.54) is 11.3 Å².